The predicted octanol–water partition coefficient (Wildman–Crippen LogP) is 2.60. The Bertz CT molecular complexity index is 325. The molecule has 74 valence electrons. The lowest BCUT2D eigenvalue weighted by Gasteiger charge is -2.16. The number of hydrogen-bond donors (Lipinski definition) is 1. The van der Waals surface area contributed by atoms with Crippen molar-refractivity contribution in [2.24, 2.45) is 0 Å². The van der Waals surface area contributed by atoms with Gasteiger partial charge in [0, 0.05) is 18.7 Å². The summed E-state index contributed by atoms with van der Waals surface area (Å²) in [6.45, 7) is 4.16. The van der Waals surface area contributed by atoms with Crippen LogP contribution in [0.3, 0.4) is 0 Å². The molecular weight excluding hydrogens is 172 g/mol. The van der Waals surface area contributed by atoms with E-state index in [-0.39, 0.29) is 0 Å². The van der Waals surface area contributed by atoms with Crippen molar-refractivity contribution in [3.63, 3.8) is 0 Å². The molecule has 2 heteroatoms. The Kier molecular flexibility index (Phi) is 4.00. The van der Waals surface area contributed by atoms with Gasteiger partial charge in [-0.3, -0.25) is 0 Å². The summed E-state index contributed by atoms with van der Waals surface area (Å²) in [4.78, 5) is 4.27. The topological polar surface area (TPSA) is 24.9 Å². The standard InChI is InChI=1S/C12H16N2/c1-4-7-11(5-2)14-12-10(3)8-6-9-13-12/h1,6,8-9,11H,5,7H2,2-3H3,(H,13,14). The Morgan fingerprint density at radius 3 is 3.00 bits per heavy atom. The first-order chi connectivity index (χ1) is 6.77. The zero-order valence-electron chi connectivity index (χ0n) is 8.75. The molecule has 14 heavy (non-hydrogen) atoms. The Morgan fingerprint density at radius 2 is 2.43 bits per heavy atom. The van der Waals surface area contributed by atoms with Gasteiger partial charge in [0.2, 0.25) is 0 Å². The summed E-state index contributed by atoms with van der Waals surface area (Å²) >= 11 is 0. The van der Waals surface area contributed by atoms with Gasteiger partial charge in [0.15, 0.2) is 0 Å². The fourth-order valence-electron chi connectivity index (χ4n) is 1.27. The van der Waals surface area contributed by atoms with E-state index in [2.05, 4.69) is 23.1 Å². The number of nitrogens with one attached hydrogen (secondary N) is 1. The van der Waals surface area contributed by atoms with Gasteiger partial charge in [0.1, 0.15) is 5.82 Å². The first-order valence-electron chi connectivity index (χ1n) is 4.89. The van der Waals surface area contributed by atoms with E-state index in [0.717, 1.165) is 24.2 Å². The van der Waals surface area contributed by atoms with Gasteiger partial charge in [-0.25, -0.2) is 4.98 Å². The third-order valence-electron chi connectivity index (χ3n) is 2.21. The van der Waals surface area contributed by atoms with Crippen molar-refractivity contribution in [3.8, 4) is 12.3 Å². The van der Waals surface area contributed by atoms with Crippen molar-refractivity contribution in [1.29, 1.82) is 0 Å². The van der Waals surface area contributed by atoms with E-state index in [1.54, 1.807) is 6.20 Å². The minimum absolute atomic E-state index is 0.327. The summed E-state index contributed by atoms with van der Waals surface area (Å²) in [5.74, 6) is 3.61. The van der Waals surface area contributed by atoms with E-state index < -0.39 is 0 Å². The Balaban J connectivity index is 2.68. The maximum Gasteiger partial charge on any atom is 0.129 e. The molecule has 1 aromatic rings. The average molecular weight is 188 g/mol. The lowest BCUT2D eigenvalue weighted by molar-refractivity contribution is 0.710. The molecule has 0 aliphatic carbocycles. The van der Waals surface area contributed by atoms with Crippen LogP contribution in [0.2, 0.25) is 0 Å². The molecule has 0 aliphatic rings. The highest BCUT2D eigenvalue weighted by Gasteiger charge is 2.06. The molecule has 0 amide bonds. The van der Waals surface area contributed by atoms with Gasteiger partial charge in [-0.2, -0.15) is 0 Å². The fraction of sp³-hybridized carbons (Fsp3) is 0.417. The van der Waals surface area contributed by atoms with E-state index in [1.165, 1.54) is 0 Å². The lowest BCUT2D eigenvalue weighted by atomic mass is 10.1. The summed E-state index contributed by atoms with van der Waals surface area (Å²) in [7, 11) is 0. The number of hydrogen-bond acceptors (Lipinski definition) is 2. The van der Waals surface area contributed by atoms with E-state index in [0.29, 0.717) is 6.04 Å². The van der Waals surface area contributed by atoms with E-state index in [9.17, 15) is 0 Å². The number of aromatic nitrogens is 1. The van der Waals surface area contributed by atoms with Crippen molar-refractivity contribution < 1.29 is 0 Å². The van der Waals surface area contributed by atoms with Gasteiger partial charge in [0.25, 0.3) is 0 Å². The second-order valence-corrected chi connectivity index (χ2v) is 3.33. The molecule has 1 aromatic heterocycles. The zero-order chi connectivity index (χ0) is 10.4. The fourth-order valence-corrected chi connectivity index (χ4v) is 1.27. The van der Waals surface area contributed by atoms with Crippen molar-refractivity contribution >= 4 is 5.82 Å². The maximum absolute atomic E-state index is 5.29. The van der Waals surface area contributed by atoms with Gasteiger partial charge >= 0.3 is 0 Å². The quantitative estimate of drug-likeness (QED) is 0.735. The van der Waals surface area contributed by atoms with Gasteiger partial charge in [-0.1, -0.05) is 13.0 Å². The number of pyridine rings is 1. The Morgan fingerprint density at radius 1 is 1.64 bits per heavy atom. The average Bonchev–Trinajstić information content (AvgIpc) is 2.20. The van der Waals surface area contributed by atoms with Crippen LogP contribution in [0.4, 0.5) is 5.82 Å². The molecule has 1 rings (SSSR count). The van der Waals surface area contributed by atoms with Crippen LogP contribution in [0.5, 0.6) is 0 Å². The highest BCUT2D eigenvalue weighted by atomic mass is 15.0. The van der Waals surface area contributed by atoms with Crippen LogP contribution in [0.1, 0.15) is 25.3 Å². The van der Waals surface area contributed by atoms with Crippen molar-refractivity contribution in [3.05, 3.63) is 23.9 Å². The second kappa shape index (κ2) is 5.29. The maximum atomic E-state index is 5.29. The molecule has 1 atom stereocenters. The summed E-state index contributed by atoms with van der Waals surface area (Å²) < 4.78 is 0. The Hall–Kier alpha value is -1.49. The molecule has 0 bridgehead atoms. The van der Waals surface area contributed by atoms with Gasteiger partial charge < -0.3 is 5.32 Å². The van der Waals surface area contributed by atoms with Crippen LogP contribution in [-0.4, -0.2) is 11.0 Å². The summed E-state index contributed by atoms with van der Waals surface area (Å²) in [5, 5.41) is 3.34. The summed E-state index contributed by atoms with van der Waals surface area (Å²) in [6, 6.07) is 4.30. The van der Waals surface area contributed by atoms with Crippen LogP contribution in [-0.2, 0) is 0 Å². The number of aryl methyl sites for hydroxylation is 1. The minimum atomic E-state index is 0.327. The highest BCUT2D eigenvalue weighted by molar-refractivity contribution is 5.43. The lowest BCUT2D eigenvalue weighted by Crippen LogP contribution is -2.18. The molecular formula is C12H16N2. The first kappa shape index (κ1) is 10.6. The third kappa shape index (κ3) is 2.77. The van der Waals surface area contributed by atoms with Gasteiger partial charge in [-0.15, -0.1) is 12.3 Å². The largest absolute Gasteiger partial charge is 0.366 e. The zero-order valence-corrected chi connectivity index (χ0v) is 8.75. The molecule has 2 nitrogen and oxygen atoms in total. The van der Waals surface area contributed by atoms with E-state index in [4.69, 9.17) is 6.42 Å². The van der Waals surface area contributed by atoms with Gasteiger partial charge in [-0.05, 0) is 25.0 Å². The molecule has 1 heterocycles. The number of anilines is 1. The van der Waals surface area contributed by atoms with E-state index in [1.807, 2.05) is 19.1 Å². The molecule has 0 saturated heterocycles. The van der Waals surface area contributed by atoms with Crippen LogP contribution >= 0.6 is 0 Å². The summed E-state index contributed by atoms with van der Waals surface area (Å²) in [5.41, 5.74) is 1.16. The predicted molar refractivity (Wildman–Crippen MR) is 60.1 cm³/mol. The smallest absolute Gasteiger partial charge is 0.129 e. The van der Waals surface area contributed by atoms with E-state index >= 15 is 0 Å². The summed E-state index contributed by atoms with van der Waals surface area (Å²) in [6.07, 6.45) is 8.83. The molecule has 0 aliphatic heterocycles. The Labute approximate surface area is 85.8 Å². The first-order valence-corrected chi connectivity index (χ1v) is 4.89. The van der Waals surface area contributed by atoms with Crippen LogP contribution in [0.15, 0.2) is 18.3 Å². The minimum Gasteiger partial charge on any atom is -0.366 e. The van der Waals surface area contributed by atoms with Crippen LogP contribution in [0, 0.1) is 19.3 Å². The highest BCUT2D eigenvalue weighted by Crippen LogP contribution is 2.12. The number of rotatable bonds is 4. The normalized spacial score (nSPS) is 11.8. The number of nitrogens with zero attached hydrogens (tertiary/aromatic N) is 1. The molecule has 0 saturated carbocycles. The molecule has 0 fully saturated rings. The van der Waals surface area contributed by atoms with Gasteiger partial charge in [0.05, 0.1) is 0 Å². The van der Waals surface area contributed by atoms with Crippen molar-refractivity contribution in [1.82, 2.24) is 4.98 Å². The number of terminal acetylenes is 1. The molecule has 0 aromatic carbocycles. The third-order valence-corrected chi connectivity index (χ3v) is 2.21. The molecule has 1 N–H and O–H groups in total. The molecule has 0 radical (unpaired) electrons. The van der Waals surface area contributed by atoms with Crippen LogP contribution < -0.4 is 5.32 Å². The SMILES string of the molecule is C#CCC(CC)Nc1ncccc1C. The molecule has 0 spiro atoms. The second-order valence-electron chi connectivity index (χ2n) is 3.33. The monoisotopic (exact) mass is 188 g/mol. The molecule has 1 unspecified atom stereocenters. The van der Waals surface area contributed by atoms with Crippen LogP contribution in [0.25, 0.3) is 0 Å². The van der Waals surface area contributed by atoms with Crippen molar-refractivity contribution in [2.75, 3.05) is 5.32 Å². The van der Waals surface area contributed by atoms with Crippen molar-refractivity contribution in [2.45, 2.75) is 32.7 Å².